The molecule has 0 saturated carbocycles. The fourth-order valence-electron chi connectivity index (χ4n) is 7.84. The van der Waals surface area contributed by atoms with Crippen LogP contribution in [0.5, 0.6) is 0 Å². The second-order valence-corrected chi connectivity index (χ2v) is 42.9. The first kappa shape index (κ1) is 29.8. The molecule has 2 atom stereocenters. The van der Waals surface area contributed by atoms with E-state index < -0.39 is 17.4 Å². The maximum Gasteiger partial charge on any atom is -0.147 e. The summed E-state index contributed by atoms with van der Waals surface area (Å²) in [5.74, 6) is 1.13. The number of fused-ring (bicyclic) bond motifs is 2. The van der Waals surface area contributed by atoms with Gasteiger partial charge in [0.05, 0.1) is 0 Å². The van der Waals surface area contributed by atoms with E-state index in [4.69, 9.17) is 0 Å². The Labute approximate surface area is 223 Å². The van der Waals surface area contributed by atoms with Crippen molar-refractivity contribution in [2.45, 2.75) is 71.9 Å². The minimum Gasteiger partial charge on any atom is -0.147 e. The number of benzene rings is 2. The van der Waals surface area contributed by atoms with E-state index in [-0.39, 0.29) is 24.8 Å². The molecule has 2 unspecified atom stereocenters. The van der Waals surface area contributed by atoms with Crippen LogP contribution in [0.2, 0.25) is 9.26 Å². The molecule has 0 nitrogen and oxygen atoms in total. The van der Waals surface area contributed by atoms with Gasteiger partial charge in [0.15, 0.2) is 0 Å². The Morgan fingerprint density at radius 3 is 1.26 bits per heavy atom. The van der Waals surface area contributed by atoms with Crippen LogP contribution in [0.25, 0.3) is 11.1 Å². The Morgan fingerprint density at radius 2 is 0.971 bits per heavy atom. The third-order valence-corrected chi connectivity index (χ3v) is 26.3. The van der Waals surface area contributed by atoms with Crippen molar-refractivity contribution in [2.75, 3.05) is 0 Å². The van der Waals surface area contributed by atoms with E-state index in [0.29, 0.717) is 19.1 Å². The molecule has 2 aromatic carbocycles. The molecule has 0 bridgehead atoms. The van der Waals surface area contributed by atoms with Gasteiger partial charge in [-0.1, -0.05) is 0 Å². The first-order valence-corrected chi connectivity index (χ1v) is 26.1. The molecule has 0 heterocycles. The Bertz CT molecular complexity index is 1170. The molecule has 2 aliphatic carbocycles. The van der Waals surface area contributed by atoms with E-state index in [0.717, 1.165) is 0 Å². The van der Waals surface area contributed by atoms with Crippen molar-refractivity contribution in [2.24, 2.45) is 11.8 Å². The zero-order valence-electron chi connectivity index (χ0n) is 22.8. The second-order valence-electron chi connectivity index (χ2n) is 12.4. The fraction of sp³-hybridized carbons (Fsp3) is 0.467. The largest absolute Gasteiger partial charge is 0.147 e. The number of aryl methyl sites for hydroxylation is 2. The van der Waals surface area contributed by atoms with Crippen LogP contribution in [0.15, 0.2) is 47.5 Å². The summed E-state index contributed by atoms with van der Waals surface area (Å²) < 4.78 is 6.78. The predicted octanol–water partition coefficient (Wildman–Crippen LogP) is 9.15. The number of halogens is 2. The van der Waals surface area contributed by atoms with Crippen LogP contribution in [-0.4, -0.2) is 6.88 Å². The van der Waals surface area contributed by atoms with Gasteiger partial charge in [0.2, 0.25) is 0 Å². The van der Waals surface area contributed by atoms with Crippen molar-refractivity contribution < 1.29 is 17.4 Å². The minimum atomic E-state index is -3.47. The number of hydrogen-bond donors (Lipinski definition) is 0. The Kier molecular flexibility index (Phi) is 8.61. The molecule has 0 saturated heterocycles. The summed E-state index contributed by atoms with van der Waals surface area (Å²) in [6.45, 7) is 21.7. The van der Waals surface area contributed by atoms with Gasteiger partial charge in [0, 0.05) is 0 Å². The van der Waals surface area contributed by atoms with Gasteiger partial charge in [-0.05, 0) is 0 Å². The molecule has 34 heavy (non-hydrogen) atoms. The summed E-state index contributed by atoms with van der Waals surface area (Å²) in [6.07, 6.45) is 0. The van der Waals surface area contributed by atoms with Crippen molar-refractivity contribution in [1.29, 1.82) is 0 Å². The molecule has 0 aromatic heterocycles. The summed E-state index contributed by atoms with van der Waals surface area (Å²) in [4.78, 5) is 0. The zero-order chi connectivity index (χ0) is 23.8. The van der Waals surface area contributed by atoms with E-state index in [9.17, 15) is 0 Å². The monoisotopic (exact) mass is 592 g/mol. The van der Waals surface area contributed by atoms with Crippen molar-refractivity contribution in [3.63, 3.8) is 0 Å². The van der Waals surface area contributed by atoms with E-state index in [1.54, 1.807) is 44.5 Å². The SMILES string of the molecule is CC1=C(C(C)C)c2cccc(C)c2[CH]1[Zr]([CH3])([CH3])(=[SiH2])[CH]1C(C)=C(C(C)C)c2cccc(C)c21.Cl.Cl. The molecule has 186 valence electrons. The molecule has 2 aliphatic rings. The standard InChI is InChI=1S/2C14H17.2CH3.2ClH.H2Si.Zr/c2*1-9(2)14-11(4)8-13-10(3)6-5-7-12(13)14;;;;;;/h2*5-9H,1-4H3;2*1H3;2*1H;1H2;. The zero-order valence-corrected chi connectivity index (χ0v) is 28.3. The van der Waals surface area contributed by atoms with Gasteiger partial charge < -0.3 is 0 Å². The average Bonchev–Trinajstić information content (AvgIpc) is 3.15. The Hall–Kier alpha value is -0.400. The molecule has 0 amide bonds. The van der Waals surface area contributed by atoms with Gasteiger partial charge in [0.25, 0.3) is 0 Å². The molecule has 2 aromatic rings. The summed E-state index contributed by atoms with van der Waals surface area (Å²) >= 11 is -3.47. The van der Waals surface area contributed by atoms with Crippen molar-refractivity contribution >= 4 is 42.8 Å². The first-order chi connectivity index (χ1) is 14.8. The van der Waals surface area contributed by atoms with Crippen LogP contribution < -0.4 is 0 Å². The van der Waals surface area contributed by atoms with Crippen LogP contribution in [-0.2, 0) is 17.4 Å². The van der Waals surface area contributed by atoms with Crippen LogP contribution >= 0.6 is 24.8 Å². The molecule has 0 fully saturated rings. The summed E-state index contributed by atoms with van der Waals surface area (Å²) in [5, 5.41) is 0. The molecule has 4 rings (SSSR count). The molecule has 4 heteroatoms. The number of hydrogen-bond acceptors (Lipinski definition) is 0. The van der Waals surface area contributed by atoms with E-state index >= 15 is 0 Å². The van der Waals surface area contributed by atoms with Crippen LogP contribution in [0.3, 0.4) is 0 Å². The van der Waals surface area contributed by atoms with Gasteiger partial charge in [-0.3, -0.25) is 0 Å². The van der Waals surface area contributed by atoms with E-state index in [2.05, 4.69) is 108 Å². The van der Waals surface area contributed by atoms with Crippen LogP contribution in [0, 0.1) is 25.7 Å². The topological polar surface area (TPSA) is 0 Å². The van der Waals surface area contributed by atoms with Crippen LogP contribution in [0.4, 0.5) is 0 Å². The average molecular weight is 595 g/mol. The fourth-order valence-corrected chi connectivity index (χ4v) is 29.0. The number of allylic oxidation sites excluding steroid dienone is 4. The molecule has 0 radical (unpaired) electrons. The smallest absolute Gasteiger partial charge is 0.147 e. The van der Waals surface area contributed by atoms with Gasteiger partial charge in [-0.2, -0.15) is 0 Å². The van der Waals surface area contributed by atoms with E-state index in [1.165, 1.54) is 11.1 Å². The summed E-state index contributed by atoms with van der Waals surface area (Å²) in [6, 6.07) is 14.1. The summed E-state index contributed by atoms with van der Waals surface area (Å²) in [7, 11) is 0. The summed E-state index contributed by atoms with van der Waals surface area (Å²) in [5.41, 5.74) is 16.0. The van der Waals surface area contributed by atoms with Crippen molar-refractivity contribution in [3.8, 4) is 0 Å². The maximum absolute atomic E-state index is 3.47. The Morgan fingerprint density at radius 1 is 0.647 bits per heavy atom. The van der Waals surface area contributed by atoms with Gasteiger partial charge in [-0.15, -0.1) is 24.8 Å². The molecular weight excluding hydrogens is 551 g/mol. The molecule has 0 aliphatic heterocycles. The first-order valence-electron chi connectivity index (χ1n) is 12.5. The maximum atomic E-state index is 2.78. The normalized spacial score (nSPS) is 19.9. The van der Waals surface area contributed by atoms with Gasteiger partial charge in [0.1, 0.15) is 0 Å². The van der Waals surface area contributed by atoms with Gasteiger partial charge in [-0.25, -0.2) is 0 Å². The molecule has 0 N–H and O–H groups in total. The van der Waals surface area contributed by atoms with Crippen molar-refractivity contribution in [3.05, 3.63) is 80.9 Å². The van der Waals surface area contributed by atoms with Crippen molar-refractivity contribution in [1.82, 2.24) is 0 Å². The Balaban J connectivity index is 0.00000204. The molecular formula is C30H44Cl2SiZr. The third-order valence-electron chi connectivity index (χ3n) is 8.57. The molecule has 0 spiro atoms. The second kappa shape index (κ2) is 9.81. The van der Waals surface area contributed by atoms with Crippen LogP contribution in [0.1, 0.15) is 82.2 Å². The van der Waals surface area contributed by atoms with E-state index in [1.807, 2.05) is 0 Å². The quantitative estimate of drug-likeness (QED) is 0.310. The number of rotatable bonds is 4. The van der Waals surface area contributed by atoms with Gasteiger partial charge >= 0.3 is 200 Å². The third kappa shape index (κ3) is 4.23. The predicted molar refractivity (Wildman–Crippen MR) is 157 cm³/mol. The minimum absolute atomic E-state index is 0.